The molecule has 0 bridgehead atoms. The number of aliphatic hydroxyl groups is 1. The number of rotatable bonds is 3. The number of allylic oxidation sites excluding steroid dienone is 2. The molecule has 1 aromatic heterocycles. The van der Waals surface area contributed by atoms with Crippen LogP contribution in [0.2, 0.25) is 0 Å². The van der Waals surface area contributed by atoms with Crippen LogP contribution in [0.4, 0.5) is 8.78 Å². The van der Waals surface area contributed by atoms with Gasteiger partial charge in [0.15, 0.2) is 13.6 Å². The van der Waals surface area contributed by atoms with Crippen molar-refractivity contribution in [3.8, 4) is 0 Å². The summed E-state index contributed by atoms with van der Waals surface area (Å²) in [4.78, 5) is 0. The third-order valence-electron chi connectivity index (χ3n) is 12.5. The number of benzene rings is 1. The molecule has 5 fully saturated rings. The maximum atomic E-state index is 18.2. The topological polar surface area (TPSA) is 75.0 Å². The first-order chi connectivity index (χ1) is 21.0. The Hall–Kier alpha value is -2.43. The molecule has 8 rings (SSSR count). The van der Waals surface area contributed by atoms with Crippen LogP contribution in [0.1, 0.15) is 62.4 Å². The predicted octanol–water partition coefficient (Wildman–Crippen LogP) is 5.79. The van der Waals surface area contributed by atoms with Gasteiger partial charge in [0.2, 0.25) is 5.79 Å². The molecule has 2 saturated heterocycles. The van der Waals surface area contributed by atoms with Crippen molar-refractivity contribution in [1.82, 2.24) is 9.78 Å². The molecule has 236 valence electrons. The van der Waals surface area contributed by atoms with Crippen LogP contribution in [0.5, 0.6) is 0 Å². The number of nitrogens with zero attached hydrogens (tertiary/aromatic N) is 2. The zero-order chi connectivity index (χ0) is 30.7. The number of hydrogen-bond donors (Lipinski definition) is 1. The van der Waals surface area contributed by atoms with Crippen LogP contribution in [0.3, 0.4) is 0 Å². The van der Waals surface area contributed by atoms with E-state index in [0.29, 0.717) is 24.2 Å². The van der Waals surface area contributed by atoms with Gasteiger partial charge in [-0.15, -0.1) is 0 Å². The molecule has 2 aromatic rings. The second-order valence-electron chi connectivity index (χ2n) is 14.7. The van der Waals surface area contributed by atoms with Gasteiger partial charge in [-0.2, -0.15) is 5.10 Å². The molecule has 0 radical (unpaired) electrons. The van der Waals surface area contributed by atoms with E-state index in [1.54, 1.807) is 6.08 Å². The van der Waals surface area contributed by atoms with Crippen LogP contribution >= 0.6 is 0 Å². The second kappa shape index (κ2) is 9.55. The minimum Gasteiger partial charge on any atom is -0.390 e. The largest absolute Gasteiger partial charge is 0.390 e. The smallest absolute Gasteiger partial charge is 0.227 e. The Labute approximate surface area is 257 Å². The molecule has 3 heterocycles. The minimum atomic E-state index is -2.03. The van der Waals surface area contributed by atoms with E-state index in [2.05, 4.69) is 45.0 Å². The number of fused-ring (bicyclic) bond motifs is 8. The summed E-state index contributed by atoms with van der Waals surface area (Å²) < 4.78 is 60.8. The van der Waals surface area contributed by atoms with Crippen LogP contribution in [0.15, 0.2) is 42.1 Å². The summed E-state index contributed by atoms with van der Waals surface area (Å²) in [5.41, 5.74) is -0.594. The molecule has 3 saturated carbocycles. The van der Waals surface area contributed by atoms with E-state index in [4.69, 9.17) is 24.0 Å². The summed E-state index contributed by atoms with van der Waals surface area (Å²) in [7, 11) is 0. The first-order valence-electron chi connectivity index (χ1n) is 16.0. The van der Waals surface area contributed by atoms with Crippen molar-refractivity contribution in [3.63, 3.8) is 0 Å². The van der Waals surface area contributed by atoms with Crippen molar-refractivity contribution in [2.75, 3.05) is 20.2 Å². The van der Waals surface area contributed by atoms with E-state index < -0.39 is 46.1 Å². The number of halogens is 2. The Bertz CT molecular complexity index is 1550. The standard InChI is InChI=1S/C35H42F2N2O5/c1-21-7-5-8-23(11-21)9-6-10-39-17-24-15-31(3)27(14-29(24)38-39)28(36)13-26-25-12-22(2)35(32(25,4)16-30(40)34(26,31)37)33(43-20-44-35)18-41-19-42-33/h5-9,11,14,17,22,25-26,28,30,40H,10,12-13,15-16,18-20H2,1-4H3/b9-6+/t22-,25-,26-,28-,30-,31-,32-,33?,34-,35+/m0/s1. The summed E-state index contributed by atoms with van der Waals surface area (Å²) in [6.07, 6.45) is 6.24. The van der Waals surface area contributed by atoms with Gasteiger partial charge >= 0.3 is 0 Å². The second-order valence-corrected chi connectivity index (χ2v) is 14.7. The van der Waals surface area contributed by atoms with E-state index in [-0.39, 0.29) is 51.3 Å². The highest BCUT2D eigenvalue weighted by atomic mass is 19.1. The zero-order valence-electron chi connectivity index (χ0n) is 25.9. The normalized spacial score (nSPS) is 45.9. The van der Waals surface area contributed by atoms with Gasteiger partial charge in [-0.25, -0.2) is 8.78 Å². The van der Waals surface area contributed by atoms with Crippen molar-refractivity contribution < 1.29 is 32.8 Å². The molecule has 1 N–H and O–H groups in total. The predicted molar refractivity (Wildman–Crippen MR) is 159 cm³/mol. The summed E-state index contributed by atoms with van der Waals surface area (Å²) in [5, 5.41) is 16.7. The van der Waals surface area contributed by atoms with E-state index in [1.165, 1.54) is 5.56 Å². The van der Waals surface area contributed by atoms with Crippen LogP contribution in [-0.2, 0) is 31.9 Å². The molecule has 6 aliphatic rings. The lowest BCUT2D eigenvalue weighted by molar-refractivity contribution is -0.281. The van der Waals surface area contributed by atoms with Crippen molar-refractivity contribution in [3.05, 3.63) is 64.5 Å². The maximum absolute atomic E-state index is 18.2. The summed E-state index contributed by atoms with van der Waals surface area (Å²) in [6.45, 7) is 8.93. The van der Waals surface area contributed by atoms with Gasteiger partial charge in [-0.05, 0) is 67.2 Å². The SMILES string of the molecule is Cc1cccc(/C=C/Cn2cc3c(n2)C=C2[C@@H](F)C[C@H]4[C@@H]5C[C@H](C)[C@@]6(OCOC67COCO7)[C@@]5(C)C[C@H](O)[C@]4(F)[C@@]2(C)C3)c1. The maximum Gasteiger partial charge on any atom is 0.227 e. The highest BCUT2D eigenvalue weighted by molar-refractivity contribution is 5.61. The Morgan fingerprint density at radius 1 is 1.14 bits per heavy atom. The number of aryl methyl sites for hydroxylation is 1. The molecular formula is C35H42F2N2O5. The van der Waals surface area contributed by atoms with Crippen molar-refractivity contribution in [2.24, 2.45) is 28.6 Å². The molecule has 0 amide bonds. The number of ether oxygens (including phenoxy) is 4. The fourth-order valence-electron chi connectivity index (χ4n) is 10.8. The summed E-state index contributed by atoms with van der Waals surface area (Å²) >= 11 is 0. The number of alkyl halides is 2. The molecule has 7 nitrogen and oxygen atoms in total. The lowest BCUT2D eigenvalue weighted by Gasteiger charge is -2.64. The van der Waals surface area contributed by atoms with E-state index in [0.717, 1.165) is 11.1 Å². The van der Waals surface area contributed by atoms with E-state index in [1.807, 2.05) is 29.9 Å². The van der Waals surface area contributed by atoms with Gasteiger partial charge in [0, 0.05) is 22.9 Å². The fourth-order valence-corrected chi connectivity index (χ4v) is 10.8. The van der Waals surface area contributed by atoms with Crippen LogP contribution < -0.4 is 0 Å². The van der Waals surface area contributed by atoms with Gasteiger partial charge in [0.05, 0.1) is 18.3 Å². The van der Waals surface area contributed by atoms with E-state index in [9.17, 15) is 5.11 Å². The molecule has 44 heavy (non-hydrogen) atoms. The van der Waals surface area contributed by atoms with Gasteiger partial charge in [-0.1, -0.05) is 62.8 Å². The molecule has 1 aromatic carbocycles. The van der Waals surface area contributed by atoms with Crippen LogP contribution in [0.25, 0.3) is 12.2 Å². The van der Waals surface area contributed by atoms with E-state index >= 15 is 8.78 Å². The zero-order valence-corrected chi connectivity index (χ0v) is 25.9. The Kier molecular flexibility index (Phi) is 6.29. The molecule has 4 aliphatic carbocycles. The Morgan fingerprint density at radius 2 is 1.95 bits per heavy atom. The third kappa shape index (κ3) is 3.51. The molecule has 9 heteroatoms. The first-order valence-corrected chi connectivity index (χ1v) is 16.0. The Morgan fingerprint density at radius 3 is 2.73 bits per heavy atom. The average Bonchev–Trinajstić information content (AvgIpc) is 3.75. The average molecular weight is 609 g/mol. The quantitative estimate of drug-likeness (QED) is 0.476. The molecule has 2 spiro atoms. The monoisotopic (exact) mass is 608 g/mol. The van der Waals surface area contributed by atoms with Gasteiger partial charge in [0.25, 0.3) is 0 Å². The highest BCUT2D eigenvalue weighted by Crippen LogP contribution is 2.74. The molecule has 10 atom stereocenters. The number of aliphatic hydroxyl groups excluding tert-OH is 1. The molecule has 2 aliphatic heterocycles. The lowest BCUT2D eigenvalue weighted by atomic mass is 9.43. The fraction of sp³-hybridized carbons (Fsp3) is 0.629. The number of aromatic nitrogens is 2. The van der Waals surface area contributed by atoms with Crippen molar-refractivity contribution in [2.45, 2.75) is 89.3 Å². The van der Waals surface area contributed by atoms with Gasteiger partial charge in [0.1, 0.15) is 24.0 Å². The van der Waals surface area contributed by atoms with Crippen LogP contribution in [0, 0.1) is 35.5 Å². The molecule has 1 unspecified atom stereocenters. The number of hydrogen-bond acceptors (Lipinski definition) is 6. The first kappa shape index (κ1) is 29.0. The lowest BCUT2D eigenvalue weighted by Crippen LogP contribution is -2.73. The summed E-state index contributed by atoms with van der Waals surface area (Å²) in [6, 6.07) is 8.27. The van der Waals surface area contributed by atoms with Gasteiger partial charge < -0.3 is 24.1 Å². The molecular weight excluding hydrogens is 566 g/mol. The minimum absolute atomic E-state index is 0.0124. The van der Waals surface area contributed by atoms with Crippen molar-refractivity contribution in [1.29, 1.82) is 0 Å². The van der Waals surface area contributed by atoms with Crippen molar-refractivity contribution >= 4 is 12.2 Å². The highest BCUT2D eigenvalue weighted by Gasteiger charge is 2.82. The van der Waals surface area contributed by atoms with Crippen LogP contribution in [-0.4, -0.2) is 64.4 Å². The third-order valence-corrected chi connectivity index (χ3v) is 12.5. The Balaban J connectivity index is 1.13. The summed E-state index contributed by atoms with van der Waals surface area (Å²) in [5.74, 6) is -2.12. The van der Waals surface area contributed by atoms with Gasteiger partial charge in [-0.3, -0.25) is 4.68 Å².